The van der Waals surface area contributed by atoms with Crippen molar-refractivity contribution in [3.05, 3.63) is 0 Å². The van der Waals surface area contributed by atoms with E-state index in [4.69, 9.17) is 0 Å². The summed E-state index contributed by atoms with van der Waals surface area (Å²) in [4.78, 5) is 10.4. The van der Waals surface area contributed by atoms with E-state index in [9.17, 15) is 9.46 Å². The fraction of sp³-hybridized carbons (Fsp3) is 1.00. The van der Waals surface area contributed by atoms with Crippen LogP contribution in [0, 0.1) is 0 Å². The van der Waals surface area contributed by atoms with Crippen LogP contribution >= 0.6 is 7.37 Å². The molecule has 0 amide bonds. The van der Waals surface area contributed by atoms with E-state index < -0.39 is 7.37 Å². The summed E-state index contributed by atoms with van der Waals surface area (Å²) in [7, 11) is -2.92. The van der Waals surface area contributed by atoms with Gasteiger partial charge in [-0.25, -0.2) is 0 Å². The zero-order valence-corrected chi connectivity index (χ0v) is 15.7. The van der Waals surface area contributed by atoms with Crippen LogP contribution in [0.3, 0.4) is 0 Å². The van der Waals surface area contributed by atoms with E-state index in [1.807, 2.05) is 0 Å². The van der Waals surface area contributed by atoms with E-state index >= 15 is 0 Å². The zero-order valence-electron chi connectivity index (χ0n) is 14.8. The molecule has 2 unspecified atom stereocenters. The molecule has 0 saturated heterocycles. The van der Waals surface area contributed by atoms with Gasteiger partial charge in [-0.1, -0.05) is 85.0 Å². The summed E-state index contributed by atoms with van der Waals surface area (Å²) in [6.45, 7) is 6.55. The number of hydrogen-bond donors (Lipinski definition) is 1. The molecule has 0 aliphatic carbocycles. The molecule has 0 saturated carbocycles. The lowest BCUT2D eigenvalue weighted by Crippen LogP contribution is -2.11. The van der Waals surface area contributed by atoms with Crippen LogP contribution < -0.4 is 0 Å². The molecule has 0 fully saturated rings. The van der Waals surface area contributed by atoms with Gasteiger partial charge < -0.3 is 4.89 Å². The van der Waals surface area contributed by atoms with Crippen molar-refractivity contribution in [2.75, 3.05) is 6.16 Å². The van der Waals surface area contributed by atoms with Crippen molar-refractivity contribution < 1.29 is 9.46 Å². The molecule has 0 bridgehead atoms. The normalized spacial score (nSPS) is 15.8. The summed E-state index contributed by atoms with van der Waals surface area (Å²) in [5.74, 6) is 0. The third-order valence-corrected chi connectivity index (χ3v) is 7.03. The van der Waals surface area contributed by atoms with E-state index in [2.05, 4.69) is 20.8 Å². The van der Waals surface area contributed by atoms with Gasteiger partial charge in [0.2, 0.25) is 7.37 Å². The molecule has 21 heavy (non-hydrogen) atoms. The standard InChI is InChI=1S/C18H39O2P/c1-4-7-9-11-12-14-17-21(19,20)18(15-6-3)16-13-10-8-5-2/h18H,4-17H2,1-3H3,(H,19,20). The van der Waals surface area contributed by atoms with Crippen molar-refractivity contribution in [3.63, 3.8) is 0 Å². The minimum absolute atomic E-state index is 0.0648. The quantitative estimate of drug-likeness (QED) is 0.267. The molecule has 0 spiro atoms. The monoisotopic (exact) mass is 318 g/mol. The highest BCUT2D eigenvalue weighted by atomic mass is 31.2. The number of hydrogen-bond acceptors (Lipinski definition) is 1. The van der Waals surface area contributed by atoms with E-state index in [1.54, 1.807) is 0 Å². The van der Waals surface area contributed by atoms with Crippen molar-refractivity contribution in [2.45, 2.75) is 110 Å². The third kappa shape index (κ3) is 11.4. The Morgan fingerprint density at radius 1 is 0.714 bits per heavy atom. The van der Waals surface area contributed by atoms with E-state index in [0.717, 1.165) is 38.5 Å². The minimum atomic E-state index is -2.92. The van der Waals surface area contributed by atoms with Crippen LogP contribution in [0.1, 0.15) is 104 Å². The van der Waals surface area contributed by atoms with Crippen molar-refractivity contribution in [2.24, 2.45) is 0 Å². The predicted octanol–water partition coefficient (Wildman–Crippen LogP) is 6.76. The van der Waals surface area contributed by atoms with Crippen LogP contribution in [-0.2, 0) is 4.57 Å². The van der Waals surface area contributed by atoms with E-state index in [0.29, 0.717) is 6.16 Å². The Hall–Kier alpha value is 0.190. The molecule has 0 aromatic rings. The lowest BCUT2D eigenvalue weighted by Gasteiger charge is -2.23. The molecule has 0 aliphatic rings. The average molecular weight is 318 g/mol. The smallest absolute Gasteiger partial charge is 0.203 e. The fourth-order valence-electron chi connectivity index (χ4n) is 2.99. The summed E-state index contributed by atoms with van der Waals surface area (Å²) in [6, 6.07) is 0. The maximum atomic E-state index is 12.6. The highest BCUT2D eigenvalue weighted by Gasteiger charge is 2.28. The summed E-state index contributed by atoms with van der Waals surface area (Å²) in [6.07, 6.45) is 15.4. The van der Waals surface area contributed by atoms with E-state index in [-0.39, 0.29) is 5.66 Å². The second-order valence-corrected chi connectivity index (χ2v) is 9.23. The van der Waals surface area contributed by atoms with Gasteiger partial charge in [-0.05, 0) is 19.3 Å². The first-order chi connectivity index (χ1) is 10.1. The van der Waals surface area contributed by atoms with Gasteiger partial charge in [0.1, 0.15) is 0 Å². The van der Waals surface area contributed by atoms with Crippen molar-refractivity contribution in [1.29, 1.82) is 0 Å². The average Bonchev–Trinajstić information content (AvgIpc) is 2.46. The Morgan fingerprint density at radius 2 is 1.24 bits per heavy atom. The SMILES string of the molecule is CCCCCCCCP(=O)(O)C(CCC)CCCCCC. The van der Waals surface area contributed by atoms with E-state index in [1.165, 1.54) is 44.9 Å². The van der Waals surface area contributed by atoms with Gasteiger partial charge in [-0.3, -0.25) is 4.57 Å². The lowest BCUT2D eigenvalue weighted by molar-refractivity contribution is 0.441. The van der Waals surface area contributed by atoms with Crippen LogP contribution in [0.4, 0.5) is 0 Å². The number of rotatable bonds is 15. The molecule has 1 N–H and O–H groups in total. The van der Waals surface area contributed by atoms with Gasteiger partial charge in [0.05, 0.1) is 0 Å². The molecule has 0 aromatic carbocycles. The largest absolute Gasteiger partial charge is 0.344 e. The van der Waals surface area contributed by atoms with Gasteiger partial charge in [-0.2, -0.15) is 0 Å². The van der Waals surface area contributed by atoms with Crippen molar-refractivity contribution >= 4 is 7.37 Å². The topological polar surface area (TPSA) is 37.3 Å². The lowest BCUT2D eigenvalue weighted by atomic mass is 10.1. The molecule has 0 radical (unpaired) electrons. The Balaban J connectivity index is 4.02. The molecule has 0 aromatic heterocycles. The summed E-state index contributed by atoms with van der Waals surface area (Å²) in [5, 5.41) is 0. The van der Waals surface area contributed by atoms with Gasteiger partial charge in [0.15, 0.2) is 0 Å². The van der Waals surface area contributed by atoms with Crippen LogP contribution in [0.15, 0.2) is 0 Å². The maximum Gasteiger partial charge on any atom is 0.203 e. The van der Waals surface area contributed by atoms with Crippen LogP contribution in [0.2, 0.25) is 0 Å². The molecule has 3 heteroatoms. The van der Waals surface area contributed by atoms with Crippen molar-refractivity contribution in [3.8, 4) is 0 Å². The molecule has 128 valence electrons. The van der Waals surface area contributed by atoms with Gasteiger partial charge in [0, 0.05) is 11.8 Å². The Kier molecular flexibility index (Phi) is 14.0. The molecule has 2 atom stereocenters. The van der Waals surface area contributed by atoms with Gasteiger partial charge >= 0.3 is 0 Å². The van der Waals surface area contributed by atoms with Crippen LogP contribution in [-0.4, -0.2) is 16.7 Å². The highest BCUT2D eigenvalue weighted by Crippen LogP contribution is 2.51. The summed E-state index contributed by atoms with van der Waals surface area (Å²) in [5.41, 5.74) is 0.0648. The third-order valence-electron chi connectivity index (χ3n) is 4.42. The molecular weight excluding hydrogens is 279 g/mol. The van der Waals surface area contributed by atoms with Gasteiger partial charge in [0.25, 0.3) is 0 Å². The highest BCUT2D eigenvalue weighted by molar-refractivity contribution is 7.58. The Labute approximate surface area is 133 Å². The Bertz CT molecular complexity index is 266. The summed E-state index contributed by atoms with van der Waals surface area (Å²) >= 11 is 0. The second kappa shape index (κ2) is 13.8. The van der Waals surface area contributed by atoms with Crippen LogP contribution in [0.25, 0.3) is 0 Å². The zero-order chi connectivity index (χ0) is 16.0. The maximum absolute atomic E-state index is 12.6. The first-order valence-corrected chi connectivity index (χ1v) is 11.3. The van der Waals surface area contributed by atoms with Crippen molar-refractivity contribution in [1.82, 2.24) is 0 Å². The minimum Gasteiger partial charge on any atom is -0.344 e. The Morgan fingerprint density at radius 3 is 1.81 bits per heavy atom. The first-order valence-electron chi connectivity index (χ1n) is 9.39. The first kappa shape index (κ1) is 21.2. The second-order valence-electron chi connectivity index (χ2n) is 6.54. The van der Waals surface area contributed by atoms with Crippen LogP contribution in [0.5, 0.6) is 0 Å². The number of unbranched alkanes of at least 4 members (excludes halogenated alkanes) is 8. The molecule has 0 aliphatic heterocycles. The molecule has 2 nitrogen and oxygen atoms in total. The molecule has 0 heterocycles. The molecule has 0 rings (SSSR count). The fourth-order valence-corrected chi connectivity index (χ4v) is 5.28. The van der Waals surface area contributed by atoms with Gasteiger partial charge in [-0.15, -0.1) is 0 Å². The summed E-state index contributed by atoms with van der Waals surface area (Å²) < 4.78 is 12.6. The molecular formula is C18H39O2P. The predicted molar refractivity (Wildman–Crippen MR) is 95.5 cm³/mol.